The number of amides is 1. The number of hydrogen-bond donors (Lipinski definition) is 0. The zero-order chi connectivity index (χ0) is 10.7. The van der Waals surface area contributed by atoms with Gasteiger partial charge in [0.1, 0.15) is 0 Å². The number of halogens is 1. The van der Waals surface area contributed by atoms with Crippen LogP contribution in [0.1, 0.15) is 10.4 Å². The van der Waals surface area contributed by atoms with Gasteiger partial charge in [0.05, 0.1) is 18.8 Å². The van der Waals surface area contributed by atoms with Gasteiger partial charge < -0.3 is 9.64 Å². The molecule has 0 radical (unpaired) electrons. The summed E-state index contributed by atoms with van der Waals surface area (Å²) in [5, 5.41) is 0. The third-order valence-electron chi connectivity index (χ3n) is 2.29. The Kier molecular flexibility index (Phi) is 2.91. The van der Waals surface area contributed by atoms with Crippen molar-refractivity contribution in [2.75, 3.05) is 26.3 Å². The number of hydrogen-bond acceptors (Lipinski definition) is 3. The number of carbonyl (C=O) groups is 1. The molecular weight excluding hydrogens is 199 g/mol. The molecule has 80 valence electrons. The standard InChI is InChI=1S/C10H11FN2O2/c11-9-8(2-1-3-12-9)10(14)13-4-6-15-7-5-13/h1-3H,4-7H2. The molecule has 1 aromatic rings. The van der Waals surface area contributed by atoms with E-state index in [1.807, 2.05) is 0 Å². The van der Waals surface area contributed by atoms with Crippen LogP contribution in [0.4, 0.5) is 4.39 Å². The lowest BCUT2D eigenvalue weighted by molar-refractivity contribution is 0.0299. The van der Waals surface area contributed by atoms with Crippen LogP contribution in [0.5, 0.6) is 0 Å². The SMILES string of the molecule is O=C(c1cccnc1F)N1CCOCC1. The molecule has 15 heavy (non-hydrogen) atoms. The summed E-state index contributed by atoms with van der Waals surface area (Å²) in [4.78, 5) is 16.8. The molecule has 0 bridgehead atoms. The molecule has 1 aliphatic heterocycles. The van der Waals surface area contributed by atoms with Crippen molar-refractivity contribution in [3.63, 3.8) is 0 Å². The van der Waals surface area contributed by atoms with Crippen molar-refractivity contribution in [2.24, 2.45) is 0 Å². The van der Waals surface area contributed by atoms with Gasteiger partial charge >= 0.3 is 0 Å². The van der Waals surface area contributed by atoms with Gasteiger partial charge in [0.25, 0.3) is 5.91 Å². The van der Waals surface area contributed by atoms with Gasteiger partial charge in [-0.2, -0.15) is 4.39 Å². The number of nitrogens with zero attached hydrogens (tertiary/aromatic N) is 2. The summed E-state index contributed by atoms with van der Waals surface area (Å²) < 4.78 is 18.3. The second kappa shape index (κ2) is 4.35. The Bertz CT molecular complexity index is 364. The number of pyridine rings is 1. The van der Waals surface area contributed by atoms with E-state index in [9.17, 15) is 9.18 Å². The Balaban J connectivity index is 2.16. The normalized spacial score (nSPS) is 16.5. The molecule has 0 unspecified atom stereocenters. The van der Waals surface area contributed by atoms with Crippen molar-refractivity contribution in [3.05, 3.63) is 29.8 Å². The molecule has 1 fully saturated rings. The predicted octanol–water partition coefficient (Wildman–Crippen LogP) is 0.693. The second-order valence-corrected chi connectivity index (χ2v) is 3.25. The van der Waals surface area contributed by atoms with Gasteiger partial charge in [-0.3, -0.25) is 4.79 Å². The van der Waals surface area contributed by atoms with Gasteiger partial charge in [0.2, 0.25) is 5.95 Å². The van der Waals surface area contributed by atoms with Crippen LogP contribution < -0.4 is 0 Å². The summed E-state index contributed by atoms with van der Waals surface area (Å²) in [6, 6.07) is 3.00. The van der Waals surface area contributed by atoms with Crippen LogP contribution in [0.15, 0.2) is 18.3 Å². The highest BCUT2D eigenvalue weighted by atomic mass is 19.1. The molecule has 0 N–H and O–H groups in total. The van der Waals surface area contributed by atoms with E-state index in [0.717, 1.165) is 0 Å². The van der Waals surface area contributed by atoms with Crippen LogP contribution in [0, 0.1) is 5.95 Å². The zero-order valence-electron chi connectivity index (χ0n) is 8.15. The third kappa shape index (κ3) is 2.12. The first-order chi connectivity index (χ1) is 7.29. The lowest BCUT2D eigenvalue weighted by Gasteiger charge is -2.26. The first kappa shape index (κ1) is 10.0. The van der Waals surface area contributed by atoms with E-state index in [1.54, 1.807) is 11.0 Å². The zero-order valence-corrected chi connectivity index (χ0v) is 8.15. The first-order valence-corrected chi connectivity index (χ1v) is 4.76. The molecule has 0 atom stereocenters. The van der Waals surface area contributed by atoms with Gasteiger partial charge in [-0.25, -0.2) is 4.98 Å². The summed E-state index contributed by atoms with van der Waals surface area (Å²) in [5.41, 5.74) is 0.0272. The van der Waals surface area contributed by atoms with E-state index in [2.05, 4.69) is 4.98 Å². The molecule has 0 saturated carbocycles. The van der Waals surface area contributed by atoms with Crippen LogP contribution in [-0.4, -0.2) is 42.1 Å². The molecule has 2 heterocycles. The summed E-state index contributed by atoms with van der Waals surface area (Å²) in [5.74, 6) is -1.03. The summed E-state index contributed by atoms with van der Waals surface area (Å²) in [6.07, 6.45) is 1.32. The second-order valence-electron chi connectivity index (χ2n) is 3.25. The van der Waals surface area contributed by atoms with Crippen LogP contribution in [0.3, 0.4) is 0 Å². The minimum absolute atomic E-state index is 0.0272. The molecule has 4 nitrogen and oxygen atoms in total. The lowest BCUT2D eigenvalue weighted by atomic mass is 10.2. The van der Waals surface area contributed by atoms with Crippen molar-refractivity contribution >= 4 is 5.91 Å². The average molecular weight is 210 g/mol. The predicted molar refractivity (Wildman–Crippen MR) is 50.9 cm³/mol. The Labute approximate surface area is 86.7 Å². The van der Waals surface area contributed by atoms with E-state index < -0.39 is 5.95 Å². The fraction of sp³-hybridized carbons (Fsp3) is 0.400. The number of aromatic nitrogens is 1. The van der Waals surface area contributed by atoms with Gasteiger partial charge in [-0.15, -0.1) is 0 Å². The average Bonchev–Trinajstić information content (AvgIpc) is 2.30. The quantitative estimate of drug-likeness (QED) is 0.640. The van der Waals surface area contributed by atoms with E-state index in [0.29, 0.717) is 26.3 Å². The van der Waals surface area contributed by atoms with Crippen molar-refractivity contribution in [1.82, 2.24) is 9.88 Å². The van der Waals surface area contributed by atoms with Crippen LogP contribution in [0.25, 0.3) is 0 Å². The van der Waals surface area contributed by atoms with Crippen LogP contribution in [-0.2, 0) is 4.74 Å². The van der Waals surface area contributed by atoms with Crippen molar-refractivity contribution in [3.8, 4) is 0 Å². The van der Waals surface area contributed by atoms with Gasteiger partial charge in [0, 0.05) is 19.3 Å². The number of morpholine rings is 1. The van der Waals surface area contributed by atoms with Gasteiger partial charge in [-0.05, 0) is 12.1 Å². The van der Waals surface area contributed by atoms with Gasteiger partial charge in [-0.1, -0.05) is 0 Å². The maximum absolute atomic E-state index is 13.2. The summed E-state index contributed by atoms with van der Waals surface area (Å²) >= 11 is 0. The number of ether oxygens (including phenoxy) is 1. The van der Waals surface area contributed by atoms with Crippen LogP contribution in [0.2, 0.25) is 0 Å². The number of rotatable bonds is 1. The molecule has 0 aliphatic carbocycles. The minimum Gasteiger partial charge on any atom is -0.378 e. The number of carbonyl (C=O) groups excluding carboxylic acids is 1. The molecular formula is C10H11FN2O2. The Morgan fingerprint density at radius 1 is 1.47 bits per heavy atom. The molecule has 1 aliphatic rings. The minimum atomic E-state index is -0.714. The highest BCUT2D eigenvalue weighted by Crippen LogP contribution is 2.09. The largest absolute Gasteiger partial charge is 0.378 e. The fourth-order valence-corrected chi connectivity index (χ4v) is 1.48. The molecule has 2 rings (SSSR count). The molecule has 1 aromatic heterocycles. The maximum atomic E-state index is 13.2. The molecule has 1 amide bonds. The highest BCUT2D eigenvalue weighted by Gasteiger charge is 2.21. The van der Waals surface area contributed by atoms with E-state index in [4.69, 9.17) is 4.74 Å². The Morgan fingerprint density at radius 2 is 2.20 bits per heavy atom. The Hall–Kier alpha value is -1.49. The molecule has 0 aromatic carbocycles. The first-order valence-electron chi connectivity index (χ1n) is 4.76. The summed E-state index contributed by atoms with van der Waals surface area (Å²) in [6.45, 7) is 2.03. The topological polar surface area (TPSA) is 42.4 Å². The van der Waals surface area contributed by atoms with Crippen molar-refractivity contribution in [1.29, 1.82) is 0 Å². The van der Waals surface area contributed by atoms with Crippen molar-refractivity contribution in [2.45, 2.75) is 0 Å². The fourth-order valence-electron chi connectivity index (χ4n) is 1.48. The lowest BCUT2D eigenvalue weighted by Crippen LogP contribution is -2.41. The third-order valence-corrected chi connectivity index (χ3v) is 2.29. The maximum Gasteiger partial charge on any atom is 0.258 e. The molecule has 0 spiro atoms. The van der Waals surface area contributed by atoms with Crippen molar-refractivity contribution < 1.29 is 13.9 Å². The van der Waals surface area contributed by atoms with Gasteiger partial charge in [0.15, 0.2) is 0 Å². The summed E-state index contributed by atoms with van der Waals surface area (Å²) in [7, 11) is 0. The Morgan fingerprint density at radius 3 is 2.87 bits per heavy atom. The van der Waals surface area contributed by atoms with Crippen LogP contribution >= 0.6 is 0 Å². The monoisotopic (exact) mass is 210 g/mol. The van der Waals surface area contributed by atoms with E-state index >= 15 is 0 Å². The molecule has 1 saturated heterocycles. The van der Waals surface area contributed by atoms with E-state index in [1.165, 1.54) is 12.3 Å². The molecule has 5 heteroatoms. The highest BCUT2D eigenvalue weighted by molar-refractivity contribution is 5.94. The van der Waals surface area contributed by atoms with E-state index in [-0.39, 0.29) is 11.5 Å². The smallest absolute Gasteiger partial charge is 0.258 e.